The first-order valence-electron chi connectivity index (χ1n) is 5.92. The Morgan fingerprint density at radius 3 is 2.62 bits per heavy atom. The molecule has 0 aromatic rings. The molecule has 1 fully saturated rings. The molecule has 0 aliphatic carbocycles. The van der Waals surface area contributed by atoms with Crippen molar-refractivity contribution in [3.63, 3.8) is 0 Å². The van der Waals surface area contributed by atoms with Crippen molar-refractivity contribution in [2.45, 2.75) is 50.2 Å². The van der Waals surface area contributed by atoms with Gasteiger partial charge in [0, 0.05) is 6.54 Å². The SMILES string of the molecule is O=S1(=O)CCCC1CCCCCCN=C=S. The molecule has 1 saturated heterocycles. The van der Waals surface area contributed by atoms with Crippen LogP contribution in [0.15, 0.2) is 4.99 Å². The van der Waals surface area contributed by atoms with Gasteiger partial charge >= 0.3 is 0 Å². The Labute approximate surface area is 103 Å². The van der Waals surface area contributed by atoms with Crippen molar-refractivity contribution in [1.29, 1.82) is 0 Å². The van der Waals surface area contributed by atoms with Crippen LogP contribution in [0.25, 0.3) is 0 Å². The van der Waals surface area contributed by atoms with E-state index in [1.54, 1.807) is 0 Å². The normalized spacial score (nSPS) is 22.9. The van der Waals surface area contributed by atoms with E-state index in [1.807, 2.05) is 0 Å². The molecule has 1 heterocycles. The van der Waals surface area contributed by atoms with E-state index >= 15 is 0 Å². The predicted octanol–water partition coefficient (Wildman–Crippen LogP) is 2.62. The minimum absolute atomic E-state index is 0.0495. The second-order valence-electron chi connectivity index (χ2n) is 4.31. The first-order chi connectivity index (χ1) is 7.67. The van der Waals surface area contributed by atoms with Crippen LogP contribution in [0.3, 0.4) is 0 Å². The van der Waals surface area contributed by atoms with Crippen molar-refractivity contribution in [3.8, 4) is 0 Å². The van der Waals surface area contributed by atoms with E-state index in [2.05, 4.69) is 22.4 Å². The van der Waals surface area contributed by atoms with Gasteiger partial charge in [0.15, 0.2) is 9.84 Å². The molecule has 0 bridgehead atoms. The van der Waals surface area contributed by atoms with E-state index < -0.39 is 9.84 Å². The molecule has 0 spiro atoms. The van der Waals surface area contributed by atoms with Gasteiger partial charge in [-0.25, -0.2) is 13.4 Å². The quantitative estimate of drug-likeness (QED) is 0.402. The predicted molar refractivity (Wildman–Crippen MR) is 69.8 cm³/mol. The molecule has 1 atom stereocenters. The Hall–Kier alpha value is -0.250. The summed E-state index contributed by atoms with van der Waals surface area (Å²) in [6, 6.07) is 0. The molecule has 1 aliphatic heterocycles. The summed E-state index contributed by atoms with van der Waals surface area (Å²) < 4.78 is 23.1. The van der Waals surface area contributed by atoms with Gasteiger partial charge < -0.3 is 0 Å². The fourth-order valence-electron chi connectivity index (χ4n) is 2.14. The van der Waals surface area contributed by atoms with Crippen LogP contribution in [0.5, 0.6) is 0 Å². The standard InChI is InChI=1S/C11H19NO2S2/c13-16(14)9-5-7-11(16)6-3-1-2-4-8-12-10-15/h11H,1-9H2. The third-order valence-electron chi connectivity index (χ3n) is 3.07. The van der Waals surface area contributed by atoms with Gasteiger partial charge in [-0.2, -0.15) is 0 Å². The summed E-state index contributed by atoms with van der Waals surface area (Å²) in [6.45, 7) is 0.755. The van der Waals surface area contributed by atoms with Crippen molar-refractivity contribution in [3.05, 3.63) is 0 Å². The number of thiocarbonyl (C=S) groups is 1. The van der Waals surface area contributed by atoms with E-state index in [0.717, 1.165) is 51.5 Å². The Balaban J connectivity index is 2.05. The maximum Gasteiger partial charge on any atom is 0.153 e. The number of isothiocyanates is 1. The van der Waals surface area contributed by atoms with Gasteiger partial charge in [0.2, 0.25) is 0 Å². The van der Waals surface area contributed by atoms with E-state index in [1.165, 1.54) is 0 Å². The maximum absolute atomic E-state index is 11.5. The number of aliphatic imine (C=N–C) groups is 1. The topological polar surface area (TPSA) is 46.5 Å². The summed E-state index contributed by atoms with van der Waals surface area (Å²) in [5.74, 6) is 0.404. The summed E-state index contributed by atoms with van der Waals surface area (Å²) >= 11 is 4.47. The molecule has 1 unspecified atom stereocenters. The van der Waals surface area contributed by atoms with Crippen LogP contribution < -0.4 is 0 Å². The molecule has 0 aromatic heterocycles. The smallest absolute Gasteiger partial charge is 0.153 e. The summed E-state index contributed by atoms with van der Waals surface area (Å²) in [4.78, 5) is 3.84. The molecule has 0 aromatic carbocycles. The molecule has 0 N–H and O–H groups in total. The van der Waals surface area contributed by atoms with Gasteiger partial charge in [-0.05, 0) is 37.9 Å². The minimum Gasteiger partial charge on any atom is -0.233 e. The highest BCUT2D eigenvalue weighted by Gasteiger charge is 2.30. The number of unbranched alkanes of at least 4 members (excludes halogenated alkanes) is 3. The number of hydrogen-bond donors (Lipinski definition) is 0. The Morgan fingerprint density at radius 2 is 2.00 bits per heavy atom. The molecule has 1 rings (SSSR count). The van der Waals surface area contributed by atoms with Crippen LogP contribution in [-0.2, 0) is 9.84 Å². The van der Waals surface area contributed by atoms with Crippen LogP contribution in [-0.4, -0.2) is 31.1 Å². The van der Waals surface area contributed by atoms with Crippen molar-refractivity contribution < 1.29 is 8.42 Å². The molecule has 5 heteroatoms. The van der Waals surface area contributed by atoms with Crippen molar-refractivity contribution in [2.75, 3.05) is 12.3 Å². The zero-order valence-electron chi connectivity index (χ0n) is 9.52. The zero-order chi connectivity index (χ0) is 11.9. The van der Waals surface area contributed by atoms with E-state index in [4.69, 9.17) is 0 Å². The van der Waals surface area contributed by atoms with Crippen LogP contribution in [0.1, 0.15) is 44.9 Å². The van der Waals surface area contributed by atoms with Crippen LogP contribution in [0, 0.1) is 0 Å². The maximum atomic E-state index is 11.5. The monoisotopic (exact) mass is 261 g/mol. The number of hydrogen-bond acceptors (Lipinski definition) is 4. The lowest BCUT2D eigenvalue weighted by atomic mass is 10.1. The van der Waals surface area contributed by atoms with E-state index in [-0.39, 0.29) is 5.25 Å². The van der Waals surface area contributed by atoms with Crippen molar-refractivity contribution in [1.82, 2.24) is 0 Å². The minimum atomic E-state index is -2.73. The molecule has 0 amide bonds. The molecule has 1 aliphatic rings. The summed E-state index contributed by atoms with van der Waals surface area (Å²) in [5.41, 5.74) is 0. The third-order valence-corrected chi connectivity index (χ3v) is 5.55. The fraction of sp³-hybridized carbons (Fsp3) is 0.909. The first kappa shape index (κ1) is 13.8. The highest BCUT2D eigenvalue weighted by molar-refractivity contribution is 7.92. The van der Waals surface area contributed by atoms with Crippen molar-refractivity contribution >= 4 is 27.2 Å². The highest BCUT2D eigenvalue weighted by Crippen LogP contribution is 2.24. The third kappa shape index (κ3) is 4.73. The van der Waals surface area contributed by atoms with Gasteiger partial charge in [-0.15, -0.1) is 0 Å². The highest BCUT2D eigenvalue weighted by atomic mass is 32.2. The molecule has 92 valence electrons. The lowest BCUT2D eigenvalue weighted by molar-refractivity contribution is 0.560. The van der Waals surface area contributed by atoms with Crippen LogP contribution in [0.4, 0.5) is 0 Å². The van der Waals surface area contributed by atoms with Gasteiger partial charge in [0.25, 0.3) is 0 Å². The Morgan fingerprint density at radius 1 is 1.25 bits per heavy atom. The average Bonchev–Trinajstić information content (AvgIpc) is 2.57. The fourth-order valence-corrected chi connectivity index (χ4v) is 4.19. The van der Waals surface area contributed by atoms with Crippen LogP contribution in [0.2, 0.25) is 0 Å². The van der Waals surface area contributed by atoms with Gasteiger partial charge in [0.1, 0.15) is 0 Å². The van der Waals surface area contributed by atoms with Crippen LogP contribution >= 0.6 is 12.2 Å². The van der Waals surface area contributed by atoms with Gasteiger partial charge in [-0.1, -0.05) is 19.3 Å². The second-order valence-corrected chi connectivity index (χ2v) is 6.89. The largest absolute Gasteiger partial charge is 0.233 e. The summed E-state index contributed by atoms with van der Waals surface area (Å²) in [6.07, 6.45) is 6.82. The zero-order valence-corrected chi connectivity index (χ0v) is 11.2. The Kier molecular flexibility index (Phi) is 6.17. The molecule has 0 radical (unpaired) electrons. The first-order valence-corrected chi connectivity index (χ1v) is 8.04. The molecule has 16 heavy (non-hydrogen) atoms. The van der Waals surface area contributed by atoms with E-state index in [9.17, 15) is 8.42 Å². The van der Waals surface area contributed by atoms with Gasteiger partial charge in [-0.3, -0.25) is 0 Å². The Bertz CT molecular complexity index is 345. The lowest BCUT2D eigenvalue weighted by Crippen LogP contribution is -2.15. The molecular formula is C11H19NO2S2. The summed E-state index contributed by atoms with van der Waals surface area (Å²) in [7, 11) is -2.73. The average molecular weight is 261 g/mol. The van der Waals surface area contributed by atoms with Gasteiger partial charge in [0.05, 0.1) is 16.2 Å². The number of rotatable bonds is 7. The van der Waals surface area contributed by atoms with E-state index in [0.29, 0.717) is 5.75 Å². The molecular weight excluding hydrogens is 242 g/mol. The number of nitrogens with zero attached hydrogens (tertiary/aromatic N) is 1. The number of sulfone groups is 1. The second kappa shape index (κ2) is 7.15. The summed E-state index contributed by atoms with van der Waals surface area (Å²) in [5, 5.41) is 2.29. The lowest BCUT2D eigenvalue weighted by Gasteiger charge is -2.08. The molecule has 0 saturated carbocycles. The molecule has 3 nitrogen and oxygen atoms in total. The van der Waals surface area contributed by atoms with Crippen molar-refractivity contribution in [2.24, 2.45) is 4.99 Å².